The second kappa shape index (κ2) is 8.36. The number of hydrogen-bond donors (Lipinski definition) is 1. The van der Waals surface area contributed by atoms with Crippen LogP contribution in [0, 0.1) is 0 Å². The highest BCUT2D eigenvalue weighted by molar-refractivity contribution is 6.32. The zero-order valence-electron chi connectivity index (χ0n) is 13.1. The van der Waals surface area contributed by atoms with Gasteiger partial charge in [-0.25, -0.2) is 0 Å². The summed E-state index contributed by atoms with van der Waals surface area (Å²) in [5.74, 6) is 0.609. The molecule has 0 saturated carbocycles. The molecule has 0 radical (unpaired) electrons. The van der Waals surface area contributed by atoms with E-state index in [1.165, 1.54) is 0 Å². The van der Waals surface area contributed by atoms with Crippen molar-refractivity contribution in [2.24, 2.45) is 0 Å². The number of nitrogens with zero attached hydrogens (tertiary/aromatic N) is 1. The van der Waals surface area contributed by atoms with Crippen molar-refractivity contribution in [3.8, 4) is 5.75 Å². The molecule has 0 spiro atoms. The molecule has 6 heteroatoms. The summed E-state index contributed by atoms with van der Waals surface area (Å²) in [5, 5.41) is 3.41. The van der Waals surface area contributed by atoms with Crippen LogP contribution in [-0.2, 0) is 9.53 Å². The molecule has 0 bridgehead atoms. The molecule has 1 atom stereocenters. The fraction of sp³-hybridized carbons (Fsp3) is 0.562. The monoisotopic (exact) mass is 326 g/mol. The summed E-state index contributed by atoms with van der Waals surface area (Å²) in [6.07, 6.45) is 3.14. The van der Waals surface area contributed by atoms with Gasteiger partial charge >= 0.3 is 0 Å². The molecule has 2 rings (SSSR count). The van der Waals surface area contributed by atoms with Crippen LogP contribution in [0.15, 0.2) is 18.2 Å². The van der Waals surface area contributed by atoms with Crippen LogP contribution in [0.25, 0.3) is 0 Å². The van der Waals surface area contributed by atoms with E-state index in [1.54, 1.807) is 25.3 Å². The number of carbonyl (C=O) groups excluding carboxylic acids is 1. The Bertz CT molecular complexity index is 510. The van der Waals surface area contributed by atoms with Gasteiger partial charge in [-0.3, -0.25) is 9.69 Å². The number of likely N-dealkylation sites (N-methyl/N-ethyl adjacent to an activating group) is 1. The largest absolute Gasteiger partial charge is 0.490 e. The number of halogens is 1. The van der Waals surface area contributed by atoms with Gasteiger partial charge in [-0.15, -0.1) is 0 Å². The molecule has 5 nitrogen and oxygen atoms in total. The summed E-state index contributed by atoms with van der Waals surface area (Å²) in [6.45, 7) is 1.91. The Labute approximate surface area is 136 Å². The van der Waals surface area contributed by atoms with Crippen LogP contribution in [0.2, 0.25) is 5.02 Å². The lowest BCUT2D eigenvalue weighted by atomic mass is 10.0. The number of nitrogens with one attached hydrogen (secondary N) is 1. The molecule has 1 aromatic carbocycles. The van der Waals surface area contributed by atoms with Crippen LogP contribution in [0.1, 0.15) is 19.3 Å². The van der Waals surface area contributed by atoms with Gasteiger partial charge in [-0.2, -0.15) is 0 Å². The van der Waals surface area contributed by atoms with Gasteiger partial charge in [0.05, 0.1) is 17.7 Å². The van der Waals surface area contributed by atoms with Crippen LogP contribution in [-0.4, -0.2) is 50.8 Å². The van der Waals surface area contributed by atoms with Crippen molar-refractivity contribution in [2.45, 2.75) is 25.3 Å². The summed E-state index contributed by atoms with van der Waals surface area (Å²) in [6, 6.07) is 5.21. The number of amides is 1. The van der Waals surface area contributed by atoms with E-state index in [1.807, 2.05) is 7.05 Å². The summed E-state index contributed by atoms with van der Waals surface area (Å²) >= 11 is 6.18. The van der Waals surface area contributed by atoms with Crippen molar-refractivity contribution in [1.29, 1.82) is 0 Å². The fourth-order valence-electron chi connectivity index (χ4n) is 2.56. The Morgan fingerprint density at radius 1 is 1.41 bits per heavy atom. The van der Waals surface area contributed by atoms with E-state index in [0.29, 0.717) is 29.7 Å². The maximum atomic E-state index is 12.3. The van der Waals surface area contributed by atoms with Gasteiger partial charge in [-0.05, 0) is 44.6 Å². The van der Waals surface area contributed by atoms with Crippen LogP contribution >= 0.6 is 11.6 Å². The number of anilines is 1. The van der Waals surface area contributed by atoms with E-state index in [4.69, 9.17) is 21.1 Å². The van der Waals surface area contributed by atoms with Crippen LogP contribution in [0.5, 0.6) is 5.75 Å². The quantitative estimate of drug-likeness (QED) is 0.817. The summed E-state index contributed by atoms with van der Waals surface area (Å²) in [4.78, 5) is 14.4. The topological polar surface area (TPSA) is 50.8 Å². The standard InChI is InChI=1S/C16H23ClN2O3/c1-19-8-4-3-5-14(19)16(20)18-12-6-7-15(13(17)11-12)22-10-9-21-2/h6-7,11,14H,3-5,8-10H2,1-2H3,(H,18,20)/t14-/m0/s1. The minimum atomic E-state index is -0.0647. The first-order chi connectivity index (χ1) is 10.6. The minimum absolute atomic E-state index is 0.0197. The SMILES string of the molecule is COCCOc1ccc(NC(=O)[C@@H]2CCCCN2C)cc1Cl. The number of benzene rings is 1. The highest BCUT2D eigenvalue weighted by Gasteiger charge is 2.25. The van der Waals surface area contributed by atoms with Crippen LogP contribution in [0.3, 0.4) is 0 Å². The van der Waals surface area contributed by atoms with Gasteiger partial charge in [0.1, 0.15) is 12.4 Å². The summed E-state index contributed by atoms with van der Waals surface area (Å²) in [5.41, 5.74) is 0.688. The van der Waals surface area contributed by atoms with Crippen molar-refractivity contribution in [1.82, 2.24) is 4.90 Å². The number of ether oxygens (including phenoxy) is 2. The zero-order valence-corrected chi connectivity index (χ0v) is 13.9. The molecule has 1 aliphatic rings. The molecule has 0 unspecified atom stereocenters. The van der Waals surface area contributed by atoms with Gasteiger partial charge in [0.25, 0.3) is 0 Å². The average molecular weight is 327 g/mol. The molecule has 1 heterocycles. The number of piperidine rings is 1. The molecule has 0 aliphatic carbocycles. The highest BCUT2D eigenvalue weighted by atomic mass is 35.5. The highest BCUT2D eigenvalue weighted by Crippen LogP contribution is 2.28. The average Bonchev–Trinajstić information content (AvgIpc) is 2.50. The van der Waals surface area contributed by atoms with E-state index >= 15 is 0 Å². The Hall–Kier alpha value is -1.30. The molecular weight excluding hydrogens is 304 g/mol. The van der Waals surface area contributed by atoms with E-state index in [9.17, 15) is 4.79 Å². The van der Waals surface area contributed by atoms with Gasteiger partial charge < -0.3 is 14.8 Å². The van der Waals surface area contributed by atoms with Crippen molar-refractivity contribution in [3.05, 3.63) is 23.2 Å². The first-order valence-corrected chi connectivity index (χ1v) is 7.92. The lowest BCUT2D eigenvalue weighted by Gasteiger charge is -2.31. The molecule has 1 aromatic rings. The van der Waals surface area contributed by atoms with Gasteiger partial charge in [0, 0.05) is 12.8 Å². The van der Waals surface area contributed by atoms with E-state index in [2.05, 4.69) is 10.2 Å². The summed E-state index contributed by atoms with van der Waals surface area (Å²) in [7, 11) is 3.61. The predicted molar refractivity (Wildman–Crippen MR) is 87.7 cm³/mol. The molecule has 122 valence electrons. The number of likely N-dealkylation sites (tertiary alicyclic amines) is 1. The number of rotatable bonds is 6. The maximum absolute atomic E-state index is 12.3. The van der Waals surface area contributed by atoms with Gasteiger partial charge in [0.15, 0.2) is 0 Å². The van der Waals surface area contributed by atoms with Crippen molar-refractivity contribution >= 4 is 23.2 Å². The van der Waals surface area contributed by atoms with Crippen molar-refractivity contribution < 1.29 is 14.3 Å². The predicted octanol–water partition coefficient (Wildman–Crippen LogP) is 2.79. The lowest BCUT2D eigenvalue weighted by molar-refractivity contribution is -0.121. The minimum Gasteiger partial charge on any atom is -0.490 e. The molecule has 0 aromatic heterocycles. The number of hydrogen-bond acceptors (Lipinski definition) is 4. The first kappa shape index (κ1) is 17.1. The Morgan fingerprint density at radius 2 is 2.23 bits per heavy atom. The van der Waals surface area contributed by atoms with E-state index in [0.717, 1.165) is 25.8 Å². The second-order valence-electron chi connectivity index (χ2n) is 5.47. The van der Waals surface area contributed by atoms with E-state index in [-0.39, 0.29) is 11.9 Å². The third kappa shape index (κ3) is 4.60. The second-order valence-corrected chi connectivity index (χ2v) is 5.88. The normalized spacial score (nSPS) is 19.0. The first-order valence-electron chi connectivity index (χ1n) is 7.54. The Kier molecular flexibility index (Phi) is 6.49. The molecule has 1 aliphatic heterocycles. The van der Waals surface area contributed by atoms with Crippen LogP contribution < -0.4 is 10.1 Å². The Balaban J connectivity index is 1.95. The third-order valence-electron chi connectivity index (χ3n) is 3.82. The van der Waals surface area contributed by atoms with Gasteiger partial charge in [0.2, 0.25) is 5.91 Å². The molecule has 1 saturated heterocycles. The number of carbonyl (C=O) groups is 1. The Morgan fingerprint density at radius 3 is 2.91 bits per heavy atom. The van der Waals surface area contributed by atoms with Crippen molar-refractivity contribution in [3.63, 3.8) is 0 Å². The zero-order chi connectivity index (χ0) is 15.9. The number of methoxy groups -OCH3 is 1. The third-order valence-corrected chi connectivity index (χ3v) is 4.11. The molecular formula is C16H23ClN2O3. The lowest BCUT2D eigenvalue weighted by Crippen LogP contribution is -2.44. The molecule has 22 heavy (non-hydrogen) atoms. The maximum Gasteiger partial charge on any atom is 0.241 e. The molecule has 1 amide bonds. The summed E-state index contributed by atoms with van der Waals surface area (Å²) < 4.78 is 10.4. The molecule has 1 fully saturated rings. The van der Waals surface area contributed by atoms with E-state index < -0.39 is 0 Å². The van der Waals surface area contributed by atoms with Gasteiger partial charge in [-0.1, -0.05) is 18.0 Å². The van der Waals surface area contributed by atoms with Crippen LogP contribution in [0.4, 0.5) is 5.69 Å². The smallest absolute Gasteiger partial charge is 0.241 e. The van der Waals surface area contributed by atoms with Crippen molar-refractivity contribution in [2.75, 3.05) is 39.2 Å². The molecule has 1 N–H and O–H groups in total. The fourth-order valence-corrected chi connectivity index (χ4v) is 2.80.